The highest BCUT2D eigenvalue weighted by Gasteiger charge is 2.46. The molecular formula is C18H30O2. The van der Waals surface area contributed by atoms with Crippen LogP contribution in [0, 0.1) is 35.5 Å². The van der Waals surface area contributed by atoms with Gasteiger partial charge >= 0.3 is 0 Å². The van der Waals surface area contributed by atoms with E-state index in [0.717, 1.165) is 25.2 Å². The highest BCUT2D eigenvalue weighted by Crippen LogP contribution is 2.51. The molecule has 5 unspecified atom stereocenters. The van der Waals surface area contributed by atoms with Gasteiger partial charge in [0.2, 0.25) is 0 Å². The molecule has 3 aliphatic rings. The van der Waals surface area contributed by atoms with Gasteiger partial charge in [0, 0.05) is 13.2 Å². The monoisotopic (exact) mass is 278 g/mol. The van der Waals surface area contributed by atoms with Crippen LogP contribution >= 0.6 is 0 Å². The Labute approximate surface area is 123 Å². The maximum atomic E-state index is 10.0. The van der Waals surface area contributed by atoms with Crippen molar-refractivity contribution in [1.29, 1.82) is 0 Å². The fourth-order valence-corrected chi connectivity index (χ4v) is 5.49. The van der Waals surface area contributed by atoms with Gasteiger partial charge in [-0.1, -0.05) is 44.3 Å². The van der Waals surface area contributed by atoms with Crippen molar-refractivity contribution < 1.29 is 10.2 Å². The third-order valence-corrected chi connectivity index (χ3v) is 6.51. The molecule has 0 aliphatic heterocycles. The molecule has 0 bridgehead atoms. The fraction of sp³-hybridized carbons (Fsp3) is 0.889. The van der Waals surface area contributed by atoms with Crippen molar-refractivity contribution >= 4 is 0 Å². The fourth-order valence-electron chi connectivity index (χ4n) is 5.49. The van der Waals surface area contributed by atoms with Gasteiger partial charge in [0.1, 0.15) is 0 Å². The predicted octanol–water partition coefficient (Wildman–Crippen LogP) is 3.39. The van der Waals surface area contributed by atoms with Crippen LogP contribution in [0.15, 0.2) is 12.2 Å². The molecule has 2 fully saturated rings. The molecule has 3 aliphatic carbocycles. The molecular weight excluding hydrogens is 248 g/mol. The number of hydrogen-bond acceptors (Lipinski definition) is 2. The molecule has 2 nitrogen and oxygen atoms in total. The van der Waals surface area contributed by atoms with Crippen molar-refractivity contribution in [1.82, 2.24) is 0 Å². The van der Waals surface area contributed by atoms with E-state index >= 15 is 0 Å². The molecule has 114 valence electrons. The number of fused-ring (bicyclic) bond motifs is 1. The van der Waals surface area contributed by atoms with E-state index in [4.69, 9.17) is 0 Å². The Kier molecular flexibility index (Phi) is 4.83. The maximum Gasteiger partial charge on any atom is 0.0464 e. The van der Waals surface area contributed by atoms with Crippen LogP contribution in [0.25, 0.3) is 0 Å². The van der Waals surface area contributed by atoms with E-state index in [2.05, 4.69) is 12.2 Å². The predicted molar refractivity (Wildman–Crippen MR) is 81.2 cm³/mol. The lowest BCUT2D eigenvalue weighted by atomic mass is 9.55. The Bertz CT molecular complexity index is 332. The van der Waals surface area contributed by atoms with E-state index in [1.54, 1.807) is 0 Å². The molecule has 2 N–H and O–H groups in total. The first-order chi connectivity index (χ1) is 9.85. The second-order valence-corrected chi connectivity index (χ2v) is 7.36. The van der Waals surface area contributed by atoms with E-state index in [0.29, 0.717) is 42.8 Å². The molecule has 3 rings (SSSR count). The molecule has 20 heavy (non-hydrogen) atoms. The molecule has 0 saturated heterocycles. The number of aliphatic hydroxyl groups is 2. The van der Waals surface area contributed by atoms with Gasteiger partial charge < -0.3 is 10.2 Å². The zero-order valence-corrected chi connectivity index (χ0v) is 12.6. The summed E-state index contributed by atoms with van der Waals surface area (Å²) in [4.78, 5) is 0. The number of allylic oxidation sites excluding steroid dienone is 2. The third-order valence-electron chi connectivity index (χ3n) is 6.51. The quantitative estimate of drug-likeness (QED) is 0.777. The first-order valence-electron chi connectivity index (χ1n) is 8.71. The number of rotatable bonds is 3. The lowest BCUT2D eigenvalue weighted by molar-refractivity contribution is -0.0442. The first kappa shape index (κ1) is 14.6. The Morgan fingerprint density at radius 3 is 2.15 bits per heavy atom. The van der Waals surface area contributed by atoms with Crippen LogP contribution in [0.1, 0.15) is 51.4 Å². The lowest BCUT2D eigenvalue weighted by Crippen LogP contribution is -2.46. The second kappa shape index (κ2) is 6.62. The van der Waals surface area contributed by atoms with Crippen LogP contribution in [0.3, 0.4) is 0 Å². The Morgan fingerprint density at radius 2 is 1.50 bits per heavy atom. The van der Waals surface area contributed by atoms with E-state index in [-0.39, 0.29) is 0 Å². The molecule has 2 saturated carbocycles. The minimum absolute atomic E-state index is 0.344. The van der Waals surface area contributed by atoms with Crippen LogP contribution in [-0.2, 0) is 0 Å². The number of hydrogen-bond donors (Lipinski definition) is 2. The minimum atomic E-state index is 0.344. The summed E-state index contributed by atoms with van der Waals surface area (Å²) in [6.45, 7) is 0.699. The molecule has 0 heterocycles. The topological polar surface area (TPSA) is 40.5 Å². The molecule has 0 aromatic rings. The Balaban J connectivity index is 1.79. The van der Waals surface area contributed by atoms with Crippen LogP contribution in [0.2, 0.25) is 0 Å². The van der Waals surface area contributed by atoms with Crippen LogP contribution in [-0.4, -0.2) is 23.4 Å². The van der Waals surface area contributed by atoms with Crippen LogP contribution in [0.5, 0.6) is 0 Å². The molecule has 0 spiro atoms. The average molecular weight is 278 g/mol. The Morgan fingerprint density at radius 1 is 0.800 bits per heavy atom. The van der Waals surface area contributed by atoms with Gasteiger partial charge in [-0.3, -0.25) is 0 Å². The van der Waals surface area contributed by atoms with E-state index in [1.807, 2.05) is 0 Å². The van der Waals surface area contributed by atoms with Gasteiger partial charge in [-0.2, -0.15) is 0 Å². The van der Waals surface area contributed by atoms with Crippen molar-refractivity contribution in [3.05, 3.63) is 12.2 Å². The summed E-state index contributed by atoms with van der Waals surface area (Å²) in [6, 6.07) is 0. The van der Waals surface area contributed by atoms with Gasteiger partial charge in [-0.25, -0.2) is 0 Å². The van der Waals surface area contributed by atoms with E-state index in [1.165, 1.54) is 32.1 Å². The summed E-state index contributed by atoms with van der Waals surface area (Å²) in [5.74, 6) is 3.65. The number of aliphatic hydroxyl groups excluding tert-OH is 2. The van der Waals surface area contributed by atoms with Crippen LogP contribution < -0.4 is 0 Å². The molecule has 0 aromatic carbocycles. The van der Waals surface area contributed by atoms with Gasteiger partial charge in [0.05, 0.1) is 0 Å². The van der Waals surface area contributed by atoms with Crippen molar-refractivity contribution in [2.24, 2.45) is 35.5 Å². The largest absolute Gasteiger partial charge is 0.396 e. The highest BCUT2D eigenvalue weighted by molar-refractivity contribution is 5.03. The van der Waals surface area contributed by atoms with Crippen molar-refractivity contribution in [3.63, 3.8) is 0 Å². The lowest BCUT2D eigenvalue weighted by Gasteiger charge is -2.50. The van der Waals surface area contributed by atoms with Crippen molar-refractivity contribution in [2.75, 3.05) is 13.2 Å². The summed E-state index contributed by atoms with van der Waals surface area (Å²) >= 11 is 0. The van der Waals surface area contributed by atoms with Crippen LogP contribution in [0.4, 0.5) is 0 Å². The van der Waals surface area contributed by atoms with Crippen molar-refractivity contribution in [2.45, 2.75) is 51.4 Å². The van der Waals surface area contributed by atoms with Gasteiger partial charge in [-0.15, -0.1) is 0 Å². The van der Waals surface area contributed by atoms with Gasteiger partial charge in [-0.05, 0) is 54.8 Å². The summed E-state index contributed by atoms with van der Waals surface area (Å²) < 4.78 is 0. The molecule has 2 heteroatoms. The molecule has 5 atom stereocenters. The van der Waals surface area contributed by atoms with Gasteiger partial charge in [0.15, 0.2) is 0 Å². The Hall–Kier alpha value is -0.340. The first-order valence-corrected chi connectivity index (χ1v) is 8.71. The third kappa shape index (κ3) is 2.69. The average Bonchev–Trinajstić information content (AvgIpc) is 2.54. The standard InChI is InChI=1S/C18H30O2/c19-11-14-10-17(13-6-2-1-3-7-13)18(12-20)16-9-5-4-8-15(14)16/h4-5,13-20H,1-3,6-12H2. The molecule has 0 amide bonds. The molecule has 0 radical (unpaired) electrons. The summed E-state index contributed by atoms with van der Waals surface area (Å²) in [7, 11) is 0. The van der Waals surface area contributed by atoms with Crippen molar-refractivity contribution in [3.8, 4) is 0 Å². The van der Waals surface area contributed by atoms with Gasteiger partial charge in [0.25, 0.3) is 0 Å². The normalized spacial score (nSPS) is 42.4. The maximum absolute atomic E-state index is 10.0. The smallest absolute Gasteiger partial charge is 0.0464 e. The summed E-state index contributed by atoms with van der Waals surface area (Å²) in [6.07, 6.45) is 14.8. The molecule has 0 aromatic heterocycles. The minimum Gasteiger partial charge on any atom is -0.396 e. The SMILES string of the molecule is OCC1CC(C2CCCCC2)C(CO)C2CC=CCC12. The highest BCUT2D eigenvalue weighted by atomic mass is 16.3. The zero-order chi connectivity index (χ0) is 13.9. The van der Waals surface area contributed by atoms with E-state index in [9.17, 15) is 10.2 Å². The second-order valence-electron chi connectivity index (χ2n) is 7.36. The van der Waals surface area contributed by atoms with E-state index < -0.39 is 0 Å². The zero-order valence-electron chi connectivity index (χ0n) is 12.6. The summed E-state index contributed by atoms with van der Waals surface area (Å²) in [5, 5.41) is 19.8. The summed E-state index contributed by atoms with van der Waals surface area (Å²) in [5.41, 5.74) is 0.